The molecule has 1 aromatic heterocycles. The molecule has 0 saturated heterocycles. The number of aryl methyl sites for hydroxylation is 1. The van der Waals surface area contributed by atoms with Crippen molar-refractivity contribution in [1.29, 1.82) is 0 Å². The molecule has 0 atom stereocenters. The van der Waals surface area contributed by atoms with Crippen molar-refractivity contribution in [1.82, 2.24) is 0 Å². The Morgan fingerprint density at radius 3 is 2.41 bits per heavy atom. The van der Waals surface area contributed by atoms with Gasteiger partial charge in [-0.15, -0.1) is 0 Å². The lowest BCUT2D eigenvalue weighted by Crippen LogP contribution is -2.08. The minimum Gasteiger partial charge on any atom is -0.423 e. The van der Waals surface area contributed by atoms with Gasteiger partial charge in [-0.3, -0.25) is 0 Å². The Morgan fingerprint density at radius 1 is 1.00 bits per heavy atom. The summed E-state index contributed by atoms with van der Waals surface area (Å²) in [5.74, 6) is -0.234. The molecule has 0 N–H and O–H groups in total. The fraction of sp³-hybridized carbons (Fsp3) is 0.118. The molecule has 0 saturated carbocycles. The van der Waals surface area contributed by atoms with Crippen molar-refractivity contribution in [2.24, 2.45) is 0 Å². The summed E-state index contributed by atoms with van der Waals surface area (Å²) < 4.78 is 30.2. The lowest BCUT2D eigenvalue weighted by molar-refractivity contribution is 0.559. The van der Waals surface area contributed by atoms with Crippen LogP contribution in [0.1, 0.15) is 11.1 Å². The maximum atomic E-state index is 12.5. The maximum Gasteiger partial charge on any atom is 0.336 e. The van der Waals surface area contributed by atoms with Crippen molar-refractivity contribution in [3.05, 3.63) is 76.1 Å². The molecule has 3 aromatic rings. The second-order valence-corrected chi connectivity index (χ2v) is 7.15. The Kier molecular flexibility index (Phi) is 3.58. The van der Waals surface area contributed by atoms with Crippen molar-refractivity contribution in [2.45, 2.75) is 17.6 Å². The summed E-state index contributed by atoms with van der Waals surface area (Å²) in [5, 5.41) is 0.637. The van der Waals surface area contributed by atoms with Gasteiger partial charge >= 0.3 is 5.63 Å². The third-order valence-corrected chi connectivity index (χ3v) is 5.14. The Balaban J connectivity index is 2.09. The third kappa shape index (κ3) is 2.80. The lowest BCUT2D eigenvalue weighted by atomic mass is 10.1. The lowest BCUT2D eigenvalue weighted by Gasteiger charge is -2.07. The van der Waals surface area contributed by atoms with Crippen LogP contribution in [0.2, 0.25) is 0 Å². The quantitative estimate of drug-likeness (QED) is 0.697. The van der Waals surface area contributed by atoms with Crippen LogP contribution in [0.3, 0.4) is 0 Å². The van der Waals surface area contributed by atoms with E-state index in [4.69, 9.17) is 4.42 Å². The van der Waals surface area contributed by atoms with Crippen molar-refractivity contribution >= 4 is 20.8 Å². The Labute approximate surface area is 127 Å². The van der Waals surface area contributed by atoms with E-state index >= 15 is 0 Å². The highest BCUT2D eigenvalue weighted by molar-refractivity contribution is 7.90. The average Bonchev–Trinajstić information content (AvgIpc) is 2.47. The van der Waals surface area contributed by atoms with Crippen molar-refractivity contribution in [3.63, 3.8) is 0 Å². The molecule has 0 bridgehead atoms. The number of sulfone groups is 1. The topological polar surface area (TPSA) is 64.3 Å². The summed E-state index contributed by atoms with van der Waals surface area (Å²) in [7, 11) is -3.52. The smallest absolute Gasteiger partial charge is 0.336 e. The van der Waals surface area contributed by atoms with Gasteiger partial charge in [0.2, 0.25) is 0 Å². The second kappa shape index (κ2) is 5.42. The summed E-state index contributed by atoms with van der Waals surface area (Å²) >= 11 is 0. The van der Waals surface area contributed by atoms with E-state index in [-0.39, 0.29) is 10.6 Å². The minimum atomic E-state index is -3.52. The van der Waals surface area contributed by atoms with Gasteiger partial charge < -0.3 is 4.42 Å². The molecule has 4 nitrogen and oxygen atoms in total. The second-order valence-electron chi connectivity index (χ2n) is 5.16. The first-order chi connectivity index (χ1) is 10.5. The minimum absolute atomic E-state index is 0.234. The van der Waals surface area contributed by atoms with Gasteiger partial charge in [0.1, 0.15) is 5.58 Å². The third-order valence-electron chi connectivity index (χ3n) is 3.46. The van der Waals surface area contributed by atoms with E-state index in [1.54, 1.807) is 48.5 Å². The number of para-hydroxylation sites is 1. The van der Waals surface area contributed by atoms with Crippen molar-refractivity contribution in [2.75, 3.05) is 0 Å². The molecule has 0 amide bonds. The van der Waals surface area contributed by atoms with Gasteiger partial charge in [0, 0.05) is 11.5 Å². The molecular formula is C17H14O4S. The number of rotatable bonds is 3. The van der Waals surface area contributed by atoms with E-state index in [0.29, 0.717) is 16.5 Å². The first-order valence-corrected chi connectivity index (χ1v) is 8.42. The molecule has 22 heavy (non-hydrogen) atoms. The van der Waals surface area contributed by atoms with Crippen LogP contribution in [0, 0.1) is 6.92 Å². The highest BCUT2D eigenvalue weighted by atomic mass is 32.2. The Bertz CT molecular complexity index is 983. The summed E-state index contributed by atoms with van der Waals surface area (Å²) in [6, 6.07) is 14.8. The van der Waals surface area contributed by atoms with Gasteiger partial charge in [0.25, 0.3) is 0 Å². The molecule has 3 rings (SSSR count). The van der Waals surface area contributed by atoms with Gasteiger partial charge in [0.15, 0.2) is 9.84 Å². The van der Waals surface area contributed by atoms with E-state index < -0.39 is 15.5 Å². The van der Waals surface area contributed by atoms with Crippen molar-refractivity contribution in [3.8, 4) is 0 Å². The largest absolute Gasteiger partial charge is 0.423 e. The fourth-order valence-electron chi connectivity index (χ4n) is 2.33. The summed E-state index contributed by atoms with van der Waals surface area (Å²) in [6.45, 7) is 1.90. The van der Waals surface area contributed by atoms with Gasteiger partial charge in [0.05, 0.1) is 10.6 Å². The normalized spacial score (nSPS) is 11.7. The van der Waals surface area contributed by atoms with Crippen molar-refractivity contribution < 1.29 is 12.8 Å². The summed E-state index contributed by atoms with van der Waals surface area (Å²) in [5.41, 5.74) is 1.29. The number of benzene rings is 2. The molecule has 1 heterocycles. The van der Waals surface area contributed by atoms with Crippen LogP contribution >= 0.6 is 0 Å². The monoisotopic (exact) mass is 314 g/mol. The van der Waals surface area contributed by atoms with E-state index in [2.05, 4.69) is 0 Å². The van der Waals surface area contributed by atoms with E-state index in [1.165, 1.54) is 6.07 Å². The molecule has 0 unspecified atom stereocenters. The zero-order chi connectivity index (χ0) is 15.7. The van der Waals surface area contributed by atoms with Gasteiger partial charge in [-0.1, -0.05) is 35.9 Å². The number of fused-ring (bicyclic) bond motifs is 1. The fourth-order valence-corrected chi connectivity index (χ4v) is 3.70. The predicted molar refractivity (Wildman–Crippen MR) is 84.6 cm³/mol. The molecule has 112 valence electrons. The molecule has 2 aromatic carbocycles. The first kappa shape index (κ1) is 14.5. The summed E-state index contributed by atoms with van der Waals surface area (Å²) in [4.78, 5) is 11.9. The van der Waals surface area contributed by atoms with Gasteiger partial charge in [-0.05, 0) is 30.7 Å². The Hall–Kier alpha value is -2.40. The van der Waals surface area contributed by atoms with Crippen LogP contribution in [-0.2, 0) is 15.6 Å². The summed E-state index contributed by atoms with van der Waals surface area (Å²) in [6.07, 6.45) is 0. The molecule has 0 aliphatic carbocycles. The molecular weight excluding hydrogens is 300 g/mol. The zero-order valence-electron chi connectivity index (χ0n) is 11.9. The van der Waals surface area contributed by atoms with E-state index in [9.17, 15) is 13.2 Å². The molecule has 0 radical (unpaired) electrons. The van der Waals surface area contributed by atoms with Crippen LogP contribution in [0.4, 0.5) is 0 Å². The highest BCUT2D eigenvalue weighted by Crippen LogP contribution is 2.22. The average molecular weight is 314 g/mol. The van der Waals surface area contributed by atoms with E-state index in [1.807, 2.05) is 6.92 Å². The Morgan fingerprint density at radius 2 is 1.68 bits per heavy atom. The SMILES string of the molecule is Cc1ccc(S(=O)(=O)Cc2cc(=O)oc3ccccc23)cc1. The number of hydrogen-bond donors (Lipinski definition) is 0. The molecule has 0 aliphatic rings. The van der Waals surface area contributed by atoms with Crippen LogP contribution in [-0.4, -0.2) is 8.42 Å². The molecule has 0 fully saturated rings. The molecule has 5 heteroatoms. The van der Waals surface area contributed by atoms with Crippen LogP contribution in [0.25, 0.3) is 11.0 Å². The highest BCUT2D eigenvalue weighted by Gasteiger charge is 2.17. The molecule has 0 spiro atoms. The molecule has 0 aliphatic heterocycles. The maximum absolute atomic E-state index is 12.5. The first-order valence-electron chi connectivity index (χ1n) is 6.77. The van der Waals surface area contributed by atoms with Gasteiger partial charge in [-0.2, -0.15) is 0 Å². The zero-order valence-corrected chi connectivity index (χ0v) is 12.8. The van der Waals surface area contributed by atoms with Gasteiger partial charge in [-0.25, -0.2) is 13.2 Å². The predicted octanol–water partition coefficient (Wildman–Crippen LogP) is 3.08. The number of hydrogen-bond acceptors (Lipinski definition) is 4. The van der Waals surface area contributed by atoms with Crippen LogP contribution in [0.5, 0.6) is 0 Å². The van der Waals surface area contributed by atoms with Crippen LogP contribution in [0.15, 0.2) is 68.7 Å². The standard InChI is InChI=1S/C17H14O4S/c1-12-6-8-14(9-7-12)22(19,20)11-13-10-17(18)21-16-5-3-2-4-15(13)16/h2-10H,11H2,1H3. The van der Waals surface area contributed by atoms with Crippen LogP contribution < -0.4 is 5.63 Å². The van der Waals surface area contributed by atoms with E-state index in [0.717, 1.165) is 5.56 Å².